The summed E-state index contributed by atoms with van der Waals surface area (Å²) in [4.78, 5) is 4.60. The van der Waals surface area contributed by atoms with E-state index >= 15 is 0 Å². The fourth-order valence-corrected chi connectivity index (χ4v) is 2.41. The van der Waals surface area contributed by atoms with Crippen molar-refractivity contribution in [3.05, 3.63) is 29.8 Å². The first-order valence-corrected chi connectivity index (χ1v) is 7.04. The summed E-state index contributed by atoms with van der Waals surface area (Å²) < 4.78 is 24.5. The van der Waals surface area contributed by atoms with Crippen LogP contribution < -0.4 is 5.14 Å². The molecule has 2 rings (SSSR count). The summed E-state index contributed by atoms with van der Waals surface area (Å²) >= 11 is 0. The molecule has 0 radical (unpaired) electrons. The van der Waals surface area contributed by atoms with Gasteiger partial charge in [-0.05, 0) is 18.6 Å². The van der Waals surface area contributed by atoms with Crippen LogP contribution in [0.5, 0.6) is 0 Å². The van der Waals surface area contributed by atoms with Crippen LogP contribution in [0.15, 0.2) is 23.2 Å². The average molecular weight is 253 g/mol. The van der Waals surface area contributed by atoms with Crippen molar-refractivity contribution in [2.24, 2.45) is 5.14 Å². The fraction of sp³-hybridized carbons (Fsp3) is 0.364. The third kappa shape index (κ3) is 2.05. The normalized spacial score (nSPS) is 12.2. The molecule has 0 saturated carbocycles. The highest BCUT2D eigenvalue weighted by Crippen LogP contribution is 2.18. The zero-order chi connectivity index (χ0) is 12.6. The Bertz CT molecular complexity index is 659. The number of imidazole rings is 1. The van der Waals surface area contributed by atoms with Gasteiger partial charge in [0, 0.05) is 12.6 Å². The Balaban J connectivity index is 2.77. The maximum absolute atomic E-state index is 11.3. The van der Waals surface area contributed by atoms with E-state index < -0.39 is 10.0 Å². The fourth-order valence-electron chi connectivity index (χ4n) is 1.88. The SMILES string of the molecule is CCc1nc(CC)n2ccc(S(N)(=O)=O)cc12. The van der Waals surface area contributed by atoms with Crippen LogP contribution in [-0.4, -0.2) is 17.8 Å². The number of rotatable bonds is 3. The van der Waals surface area contributed by atoms with Crippen molar-refractivity contribution >= 4 is 15.5 Å². The number of aromatic nitrogens is 2. The van der Waals surface area contributed by atoms with Crippen molar-refractivity contribution in [2.75, 3.05) is 0 Å². The second kappa shape index (κ2) is 4.12. The molecule has 0 unspecified atom stereocenters. The topological polar surface area (TPSA) is 77.5 Å². The van der Waals surface area contributed by atoms with Crippen molar-refractivity contribution in [2.45, 2.75) is 31.6 Å². The molecule has 0 saturated heterocycles. The third-order valence-corrected chi connectivity index (χ3v) is 3.65. The Kier molecular flexibility index (Phi) is 2.92. The zero-order valence-electron chi connectivity index (χ0n) is 9.84. The number of hydrogen-bond donors (Lipinski definition) is 1. The van der Waals surface area contributed by atoms with E-state index in [-0.39, 0.29) is 4.90 Å². The van der Waals surface area contributed by atoms with E-state index in [0.29, 0.717) is 0 Å². The van der Waals surface area contributed by atoms with Gasteiger partial charge in [0.05, 0.1) is 16.1 Å². The molecule has 6 heteroatoms. The Hall–Kier alpha value is -1.40. The molecule has 0 bridgehead atoms. The lowest BCUT2D eigenvalue weighted by molar-refractivity contribution is 0.597. The van der Waals surface area contributed by atoms with Gasteiger partial charge in [0.1, 0.15) is 5.82 Å². The summed E-state index contributed by atoms with van der Waals surface area (Å²) in [6, 6.07) is 3.09. The first-order chi connectivity index (χ1) is 7.97. The van der Waals surface area contributed by atoms with Crippen molar-refractivity contribution in [3.8, 4) is 0 Å². The molecule has 2 heterocycles. The van der Waals surface area contributed by atoms with Gasteiger partial charge in [-0.1, -0.05) is 13.8 Å². The number of sulfonamides is 1. The summed E-state index contributed by atoms with van der Waals surface area (Å²) in [5, 5.41) is 5.12. The standard InChI is InChI=1S/C11H15N3O2S/c1-3-9-10-7-8(17(12,15)16)5-6-14(10)11(4-2)13-9/h5-7H,3-4H2,1-2H3,(H2,12,15,16). The molecule has 2 aromatic rings. The molecular weight excluding hydrogens is 238 g/mol. The maximum Gasteiger partial charge on any atom is 0.238 e. The van der Waals surface area contributed by atoms with E-state index in [1.807, 2.05) is 18.2 Å². The number of aryl methyl sites for hydroxylation is 2. The maximum atomic E-state index is 11.3. The second-order valence-electron chi connectivity index (χ2n) is 3.84. The van der Waals surface area contributed by atoms with Gasteiger partial charge in [0.2, 0.25) is 10.0 Å². The molecule has 0 fully saturated rings. The lowest BCUT2D eigenvalue weighted by atomic mass is 10.3. The predicted molar refractivity (Wildman–Crippen MR) is 65.3 cm³/mol. The molecule has 92 valence electrons. The Morgan fingerprint density at radius 1 is 1.35 bits per heavy atom. The monoisotopic (exact) mass is 253 g/mol. The molecule has 0 aliphatic carbocycles. The van der Waals surface area contributed by atoms with Crippen molar-refractivity contribution < 1.29 is 8.42 Å². The minimum Gasteiger partial charge on any atom is -0.303 e. The molecule has 0 amide bonds. The molecule has 17 heavy (non-hydrogen) atoms. The van der Waals surface area contributed by atoms with Crippen LogP contribution in [0.3, 0.4) is 0 Å². The summed E-state index contributed by atoms with van der Waals surface area (Å²) in [5.41, 5.74) is 1.71. The molecular formula is C11H15N3O2S. The smallest absolute Gasteiger partial charge is 0.238 e. The van der Waals surface area contributed by atoms with Gasteiger partial charge >= 0.3 is 0 Å². The molecule has 0 atom stereocenters. The number of nitrogens with two attached hydrogens (primary N) is 1. The van der Waals surface area contributed by atoms with Gasteiger partial charge in [-0.3, -0.25) is 0 Å². The summed E-state index contributed by atoms with van der Waals surface area (Å²) in [7, 11) is -3.66. The minimum atomic E-state index is -3.66. The molecule has 0 aromatic carbocycles. The van der Waals surface area contributed by atoms with Crippen molar-refractivity contribution in [3.63, 3.8) is 0 Å². The van der Waals surface area contributed by atoms with Gasteiger partial charge in [0.25, 0.3) is 0 Å². The molecule has 0 spiro atoms. The summed E-state index contributed by atoms with van der Waals surface area (Å²) in [6.45, 7) is 4.01. The quantitative estimate of drug-likeness (QED) is 0.890. The van der Waals surface area contributed by atoms with E-state index in [2.05, 4.69) is 4.98 Å². The van der Waals surface area contributed by atoms with E-state index in [0.717, 1.165) is 29.9 Å². The van der Waals surface area contributed by atoms with Crippen molar-refractivity contribution in [1.29, 1.82) is 0 Å². The van der Waals surface area contributed by atoms with Crippen molar-refractivity contribution in [1.82, 2.24) is 9.38 Å². The third-order valence-electron chi connectivity index (χ3n) is 2.74. The summed E-state index contributed by atoms with van der Waals surface area (Å²) in [5.74, 6) is 0.929. The second-order valence-corrected chi connectivity index (χ2v) is 5.41. The number of primary sulfonamides is 1. The highest BCUT2D eigenvalue weighted by molar-refractivity contribution is 7.89. The van der Waals surface area contributed by atoms with Gasteiger partial charge < -0.3 is 4.40 Å². The lowest BCUT2D eigenvalue weighted by Crippen LogP contribution is -2.12. The molecule has 0 aliphatic heterocycles. The number of nitrogens with zero attached hydrogens (tertiary/aromatic N) is 2. The summed E-state index contributed by atoms with van der Waals surface area (Å²) in [6.07, 6.45) is 3.27. The molecule has 0 aliphatic rings. The van der Waals surface area contributed by atoms with E-state index in [1.165, 1.54) is 6.07 Å². The first kappa shape index (κ1) is 12.1. The number of fused-ring (bicyclic) bond motifs is 1. The van der Waals surface area contributed by atoms with Crippen LogP contribution in [-0.2, 0) is 22.9 Å². The van der Waals surface area contributed by atoms with Crippen LogP contribution >= 0.6 is 0 Å². The van der Waals surface area contributed by atoms with E-state index in [1.54, 1.807) is 12.3 Å². The van der Waals surface area contributed by atoms with Crippen LogP contribution in [0.4, 0.5) is 0 Å². The molecule has 5 nitrogen and oxygen atoms in total. The lowest BCUT2D eigenvalue weighted by Gasteiger charge is -2.02. The highest BCUT2D eigenvalue weighted by Gasteiger charge is 2.13. The molecule has 2 N–H and O–H groups in total. The largest absolute Gasteiger partial charge is 0.303 e. The van der Waals surface area contributed by atoms with Gasteiger partial charge in [-0.25, -0.2) is 18.5 Å². The van der Waals surface area contributed by atoms with Crippen LogP contribution in [0.2, 0.25) is 0 Å². The van der Waals surface area contributed by atoms with E-state index in [4.69, 9.17) is 5.14 Å². The van der Waals surface area contributed by atoms with Gasteiger partial charge in [0.15, 0.2) is 0 Å². The zero-order valence-corrected chi connectivity index (χ0v) is 10.7. The Morgan fingerprint density at radius 3 is 2.59 bits per heavy atom. The van der Waals surface area contributed by atoms with Gasteiger partial charge in [-0.15, -0.1) is 0 Å². The number of hydrogen-bond acceptors (Lipinski definition) is 3. The highest BCUT2D eigenvalue weighted by atomic mass is 32.2. The average Bonchev–Trinajstić information content (AvgIpc) is 2.64. The molecule has 2 aromatic heterocycles. The Morgan fingerprint density at radius 2 is 2.06 bits per heavy atom. The predicted octanol–water partition coefficient (Wildman–Crippen LogP) is 1.11. The van der Waals surface area contributed by atoms with Crippen LogP contribution in [0.25, 0.3) is 5.52 Å². The van der Waals surface area contributed by atoms with E-state index in [9.17, 15) is 8.42 Å². The minimum absolute atomic E-state index is 0.127. The first-order valence-electron chi connectivity index (χ1n) is 5.50. The van der Waals surface area contributed by atoms with Crippen LogP contribution in [0.1, 0.15) is 25.4 Å². The Labute approximate surface area is 100 Å². The van der Waals surface area contributed by atoms with Crippen LogP contribution in [0, 0.1) is 0 Å². The van der Waals surface area contributed by atoms with Gasteiger partial charge in [-0.2, -0.15) is 0 Å². The number of pyridine rings is 1.